The van der Waals surface area contributed by atoms with Crippen LogP contribution in [0.15, 0.2) is 47.4 Å². The fraction of sp³-hybridized carbons (Fsp3) is 0.316. The topological polar surface area (TPSA) is 130 Å². The molecule has 154 valence electrons. The molecule has 0 radical (unpaired) electrons. The van der Waals surface area contributed by atoms with Gasteiger partial charge in [0.15, 0.2) is 0 Å². The monoisotopic (exact) mass is 418 g/mol. The van der Waals surface area contributed by atoms with Crippen LogP contribution in [0.3, 0.4) is 0 Å². The lowest BCUT2D eigenvalue weighted by Crippen LogP contribution is -2.30. The third-order valence-electron chi connectivity index (χ3n) is 4.49. The number of carbonyl (C=O) groups is 1. The summed E-state index contributed by atoms with van der Waals surface area (Å²) in [6.45, 7) is 2.21. The molecule has 0 aliphatic heterocycles. The van der Waals surface area contributed by atoms with E-state index < -0.39 is 20.9 Å². The molecule has 0 bridgehead atoms. The first-order chi connectivity index (χ1) is 13.8. The van der Waals surface area contributed by atoms with Crippen molar-refractivity contribution in [1.29, 1.82) is 0 Å². The minimum Gasteiger partial charge on any atom is -0.378 e. The number of hydrogen-bond donors (Lipinski definition) is 3. The first-order valence-corrected chi connectivity index (χ1v) is 10.6. The second kappa shape index (κ2) is 8.58. The molecule has 1 saturated carbocycles. The Labute approximate surface area is 168 Å². The minimum absolute atomic E-state index is 0.0216. The van der Waals surface area contributed by atoms with Crippen LogP contribution in [-0.4, -0.2) is 38.4 Å². The number of nitro groups is 1. The Morgan fingerprint density at radius 3 is 2.59 bits per heavy atom. The van der Waals surface area contributed by atoms with Gasteiger partial charge in [-0.15, -0.1) is 0 Å². The molecule has 10 heteroatoms. The summed E-state index contributed by atoms with van der Waals surface area (Å²) in [5.74, 6) is -0.407. The van der Waals surface area contributed by atoms with Crippen LogP contribution in [0.2, 0.25) is 0 Å². The summed E-state index contributed by atoms with van der Waals surface area (Å²) >= 11 is 0. The van der Waals surface area contributed by atoms with Gasteiger partial charge in [0, 0.05) is 30.8 Å². The van der Waals surface area contributed by atoms with E-state index in [4.69, 9.17) is 0 Å². The fourth-order valence-corrected chi connectivity index (χ4v) is 4.08. The van der Waals surface area contributed by atoms with Crippen molar-refractivity contribution in [3.05, 3.63) is 63.7 Å². The lowest BCUT2D eigenvalue weighted by atomic mass is 10.1. The van der Waals surface area contributed by atoms with Crippen LogP contribution in [0.4, 0.5) is 11.4 Å². The highest BCUT2D eigenvalue weighted by Gasteiger charge is 2.28. The highest BCUT2D eigenvalue weighted by Crippen LogP contribution is 2.24. The molecule has 3 N–H and O–H groups in total. The van der Waals surface area contributed by atoms with Crippen molar-refractivity contribution < 1.29 is 18.1 Å². The number of rotatable bonds is 9. The smallest absolute Gasteiger partial charge is 0.292 e. The van der Waals surface area contributed by atoms with Gasteiger partial charge in [-0.05, 0) is 43.5 Å². The zero-order chi connectivity index (χ0) is 21.0. The van der Waals surface area contributed by atoms with Gasteiger partial charge < -0.3 is 10.6 Å². The van der Waals surface area contributed by atoms with E-state index in [2.05, 4.69) is 15.4 Å². The molecule has 1 fully saturated rings. The average molecular weight is 418 g/mol. The molecule has 0 spiro atoms. The molecular weight excluding hydrogens is 396 g/mol. The number of nitrogens with zero attached hydrogens (tertiary/aromatic N) is 1. The van der Waals surface area contributed by atoms with Crippen molar-refractivity contribution in [2.75, 3.05) is 18.4 Å². The second-order valence-electron chi connectivity index (χ2n) is 6.83. The highest BCUT2D eigenvalue weighted by atomic mass is 32.2. The molecule has 0 heterocycles. The Morgan fingerprint density at radius 1 is 1.17 bits per heavy atom. The normalized spacial score (nSPS) is 13.7. The molecule has 0 unspecified atom stereocenters. The summed E-state index contributed by atoms with van der Waals surface area (Å²) in [5.41, 5.74) is 1.24. The number of benzene rings is 2. The first kappa shape index (κ1) is 20.7. The van der Waals surface area contributed by atoms with E-state index in [0.717, 1.165) is 12.8 Å². The number of amides is 1. The van der Waals surface area contributed by atoms with Crippen LogP contribution >= 0.6 is 0 Å². The van der Waals surface area contributed by atoms with Gasteiger partial charge in [0.25, 0.3) is 11.6 Å². The maximum Gasteiger partial charge on any atom is 0.292 e. The zero-order valence-corrected chi connectivity index (χ0v) is 16.7. The number of nitro benzene ring substituents is 1. The van der Waals surface area contributed by atoms with Crippen molar-refractivity contribution in [2.45, 2.75) is 30.7 Å². The van der Waals surface area contributed by atoms with Gasteiger partial charge in [-0.3, -0.25) is 14.9 Å². The van der Waals surface area contributed by atoms with Gasteiger partial charge >= 0.3 is 0 Å². The van der Waals surface area contributed by atoms with Crippen molar-refractivity contribution >= 4 is 27.3 Å². The van der Waals surface area contributed by atoms with Crippen LogP contribution in [0.5, 0.6) is 0 Å². The SMILES string of the molecule is Cc1ccc(S(=O)(=O)NC2CC2)cc1C(=O)NCCNc1ccccc1[N+](=O)[O-]. The van der Waals surface area contributed by atoms with Gasteiger partial charge in [0.2, 0.25) is 10.0 Å². The van der Waals surface area contributed by atoms with Crippen molar-refractivity contribution in [3.63, 3.8) is 0 Å². The molecular formula is C19H22N4O5S. The number of carbonyl (C=O) groups excluding carboxylic acids is 1. The van der Waals surface area contributed by atoms with Gasteiger partial charge in [-0.2, -0.15) is 0 Å². The third kappa shape index (κ3) is 5.30. The van der Waals surface area contributed by atoms with Gasteiger partial charge in [-0.25, -0.2) is 13.1 Å². The molecule has 2 aromatic carbocycles. The molecule has 9 nitrogen and oxygen atoms in total. The standard InChI is InChI=1S/C19H22N4O5S/c1-13-6-9-15(29(27,28)22-14-7-8-14)12-16(13)19(24)21-11-10-20-17-4-2-3-5-18(17)23(25)26/h2-6,9,12,14,20,22H,7-8,10-11H2,1H3,(H,21,24). The molecule has 0 saturated heterocycles. The summed E-state index contributed by atoms with van der Waals surface area (Å²) in [7, 11) is -3.65. The van der Waals surface area contributed by atoms with Crippen LogP contribution in [0.25, 0.3) is 0 Å². The average Bonchev–Trinajstić information content (AvgIpc) is 3.48. The van der Waals surface area contributed by atoms with Gasteiger partial charge in [0.05, 0.1) is 9.82 Å². The van der Waals surface area contributed by atoms with E-state index in [1.165, 1.54) is 18.2 Å². The number of para-hydroxylation sites is 2. The number of hydrogen-bond acceptors (Lipinski definition) is 6. The predicted molar refractivity (Wildman–Crippen MR) is 108 cm³/mol. The van der Waals surface area contributed by atoms with E-state index in [1.807, 2.05) is 0 Å². The number of aryl methyl sites for hydroxylation is 1. The van der Waals surface area contributed by atoms with Gasteiger partial charge in [0.1, 0.15) is 5.69 Å². The Morgan fingerprint density at radius 2 is 1.90 bits per heavy atom. The van der Waals surface area contributed by atoms with Crippen LogP contribution in [-0.2, 0) is 10.0 Å². The van der Waals surface area contributed by atoms with Crippen molar-refractivity contribution in [1.82, 2.24) is 10.0 Å². The zero-order valence-electron chi connectivity index (χ0n) is 15.8. The second-order valence-corrected chi connectivity index (χ2v) is 8.54. The highest BCUT2D eigenvalue weighted by molar-refractivity contribution is 7.89. The number of anilines is 1. The van der Waals surface area contributed by atoms with E-state index in [0.29, 0.717) is 11.3 Å². The maximum atomic E-state index is 12.5. The summed E-state index contributed by atoms with van der Waals surface area (Å²) in [6.07, 6.45) is 1.65. The van der Waals surface area contributed by atoms with E-state index in [1.54, 1.807) is 31.2 Å². The third-order valence-corrected chi connectivity index (χ3v) is 6.01. The van der Waals surface area contributed by atoms with Crippen molar-refractivity contribution in [3.8, 4) is 0 Å². The molecule has 1 aliphatic carbocycles. The summed E-state index contributed by atoms with van der Waals surface area (Å²) in [6, 6.07) is 10.7. The lowest BCUT2D eigenvalue weighted by Gasteiger charge is -2.12. The molecule has 3 rings (SSSR count). The Kier molecular flexibility index (Phi) is 6.14. The molecule has 1 amide bonds. The van der Waals surface area contributed by atoms with E-state index in [9.17, 15) is 23.3 Å². The van der Waals surface area contributed by atoms with Crippen LogP contribution in [0.1, 0.15) is 28.8 Å². The molecule has 0 atom stereocenters. The van der Waals surface area contributed by atoms with E-state index >= 15 is 0 Å². The Balaban J connectivity index is 1.61. The Bertz CT molecular complexity index is 1030. The van der Waals surface area contributed by atoms with Crippen LogP contribution in [0, 0.1) is 17.0 Å². The lowest BCUT2D eigenvalue weighted by molar-refractivity contribution is -0.384. The first-order valence-electron chi connectivity index (χ1n) is 9.16. The summed E-state index contributed by atoms with van der Waals surface area (Å²) < 4.78 is 27.3. The number of nitrogens with one attached hydrogen (secondary N) is 3. The quantitative estimate of drug-likeness (QED) is 0.325. The number of sulfonamides is 1. The van der Waals surface area contributed by atoms with Crippen molar-refractivity contribution in [2.24, 2.45) is 0 Å². The predicted octanol–water partition coefficient (Wildman–Crippen LogP) is 2.19. The maximum absolute atomic E-state index is 12.5. The molecule has 2 aromatic rings. The fourth-order valence-electron chi connectivity index (χ4n) is 2.75. The Hall–Kier alpha value is -2.98. The van der Waals surface area contributed by atoms with E-state index in [-0.39, 0.29) is 35.3 Å². The summed E-state index contributed by atoms with van der Waals surface area (Å²) in [4.78, 5) is 23.1. The molecule has 1 aliphatic rings. The molecule has 29 heavy (non-hydrogen) atoms. The largest absolute Gasteiger partial charge is 0.378 e. The van der Waals surface area contributed by atoms with Crippen LogP contribution < -0.4 is 15.4 Å². The minimum atomic E-state index is -3.65. The summed E-state index contributed by atoms with van der Waals surface area (Å²) in [5, 5.41) is 16.6. The van der Waals surface area contributed by atoms with Gasteiger partial charge in [-0.1, -0.05) is 18.2 Å². The molecule has 0 aromatic heterocycles.